The fraction of sp³-hybridized carbons (Fsp3) is 0.833. The predicted octanol–water partition coefficient (Wildman–Crippen LogP) is 3.63. The van der Waals surface area contributed by atoms with Gasteiger partial charge in [0.05, 0.1) is 0 Å². The molecule has 0 aromatic heterocycles. The average Bonchev–Trinajstić information content (AvgIpc) is 2.21. The minimum atomic E-state index is 0.564. The summed E-state index contributed by atoms with van der Waals surface area (Å²) >= 11 is 0. The van der Waals surface area contributed by atoms with Crippen molar-refractivity contribution in [2.75, 3.05) is 0 Å². The van der Waals surface area contributed by atoms with E-state index in [1.54, 1.807) is 11.1 Å². The number of allylic oxidation sites excluding steroid dienone is 2. The lowest BCUT2D eigenvalue weighted by Gasteiger charge is -2.42. The van der Waals surface area contributed by atoms with E-state index < -0.39 is 0 Å². The highest BCUT2D eigenvalue weighted by Gasteiger charge is 2.53. The van der Waals surface area contributed by atoms with Gasteiger partial charge in [0.1, 0.15) is 0 Å². The molecule has 12 heavy (non-hydrogen) atoms. The lowest BCUT2D eigenvalue weighted by molar-refractivity contribution is 0.196. The molecule has 1 fully saturated rings. The quantitative estimate of drug-likeness (QED) is 0.479. The molecule has 0 aliphatic heterocycles. The van der Waals surface area contributed by atoms with Crippen LogP contribution in [0.15, 0.2) is 11.1 Å². The van der Waals surface area contributed by atoms with Crippen LogP contribution in [0.3, 0.4) is 0 Å². The second-order valence-corrected chi connectivity index (χ2v) is 5.41. The number of hydrogen-bond donors (Lipinski definition) is 0. The highest BCUT2D eigenvalue weighted by molar-refractivity contribution is 5.34. The Morgan fingerprint density at radius 3 is 2.25 bits per heavy atom. The molecule has 0 heterocycles. The van der Waals surface area contributed by atoms with Gasteiger partial charge in [-0.1, -0.05) is 31.9 Å². The summed E-state index contributed by atoms with van der Waals surface area (Å²) in [6.07, 6.45) is 1.43. The van der Waals surface area contributed by atoms with Crippen LogP contribution >= 0.6 is 0 Å². The van der Waals surface area contributed by atoms with Crippen molar-refractivity contribution in [1.29, 1.82) is 0 Å². The monoisotopic (exact) mass is 164 g/mol. The van der Waals surface area contributed by atoms with E-state index in [9.17, 15) is 0 Å². The molecule has 0 radical (unpaired) electrons. The van der Waals surface area contributed by atoms with Gasteiger partial charge in [-0.3, -0.25) is 0 Å². The number of hydrogen-bond acceptors (Lipinski definition) is 0. The van der Waals surface area contributed by atoms with Gasteiger partial charge >= 0.3 is 0 Å². The molecule has 0 nitrogen and oxygen atoms in total. The molecule has 2 aliphatic rings. The van der Waals surface area contributed by atoms with Crippen LogP contribution in [0.4, 0.5) is 0 Å². The normalized spacial score (nSPS) is 44.2. The van der Waals surface area contributed by atoms with Crippen LogP contribution in [-0.4, -0.2) is 0 Å². The Bertz CT molecular complexity index is 245. The van der Waals surface area contributed by atoms with Gasteiger partial charge in [0.25, 0.3) is 0 Å². The van der Waals surface area contributed by atoms with Gasteiger partial charge in [-0.15, -0.1) is 0 Å². The highest BCUT2D eigenvalue weighted by atomic mass is 14.6. The Kier molecular flexibility index (Phi) is 1.50. The molecule has 3 atom stereocenters. The van der Waals surface area contributed by atoms with Crippen LogP contribution in [0, 0.1) is 23.2 Å². The smallest absolute Gasteiger partial charge is 0.00837 e. The molecule has 2 rings (SSSR count). The zero-order valence-electron chi connectivity index (χ0n) is 8.94. The summed E-state index contributed by atoms with van der Waals surface area (Å²) in [5.41, 5.74) is 3.95. The lowest BCUT2D eigenvalue weighted by Crippen LogP contribution is -2.33. The van der Waals surface area contributed by atoms with Gasteiger partial charge in [-0.2, -0.15) is 0 Å². The van der Waals surface area contributed by atoms with E-state index in [0.29, 0.717) is 5.41 Å². The van der Waals surface area contributed by atoms with Crippen molar-refractivity contribution in [2.45, 2.75) is 41.0 Å². The molecule has 0 saturated heterocycles. The fourth-order valence-corrected chi connectivity index (χ4v) is 3.37. The Morgan fingerprint density at radius 2 is 1.75 bits per heavy atom. The molecule has 0 aromatic carbocycles. The first-order chi connectivity index (χ1) is 5.46. The topological polar surface area (TPSA) is 0 Å². The number of fused-ring (bicyclic) bond motifs is 1. The third-order valence-corrected chi connectivity index (χ3v) is 4.73. The molecule has 0 aromatic rings. The summed E-state index contributed by atoms with van der Waals surface area (Å²) in [6.45, 7) is 12.0. The predicted molar refractivity (Wildman–Crippen MR) is 52.9 cm³/mol. The summed E-state index contributed by atoms with van der Waals surface area (Å²) in [6, 6.07) is 0. The first-order valence-corrected chi connectivity index (χ1v) is 5.13. The van der Waals surface area contributed by atoms with Gasteiger partial charge in [0.15, 0.2) is 0 Å². The molecular formula is C12H20. The summed E-state index contributed by atoms with van der Waals surface area (Å²) in [7, 11) is 0. The van der Waals surface area contributed by atoms with E-state index >= 15 is 0 Å². The summed E-state index contributed by atoms with van der Waals surface area (Å²) in [5.74, 6) is 2.75. The molecule has 1 saturated carbocycles. The largest absolute Gasteiger partial charge is 0.0703 e. The maximum atomic E-state index is 2.44. The average molecular weight is 164 g/mol. The van der Waals surface area contributed by atoms with Crippen molar-refractivity contribution in [2.24, 2.45) is 23.2 Å². The van der Waals surface area contributed by atoms with Crippen molar-refractivity contribution in [1.82, 2.24) is 0 Å². The van der Waals surface area contributed by atoms with Gasteiger partial charge < -0.3 is 0 Å². The molecule has 0 bridgehead atoms. The van der Waals surface area contributed by atoms with Crippen molar-refractivity contribution in [3.8, 4) is 0 Å². The standard InChI is InChI=1S/C12H20/c1-7-6-10-8(2)9(3)11(10)12(7,4)5/h7,10-11H,6H2,1-5H3. The van der Waals surface area contributed by atoms with Crippen LogP contribution in [0.25, 0.3) is 0 Å². The van der Waals surface area contributed by atoms with Crippen molar-refractivity contribution >= 4 is 0 Å². The molecule has 68 valence electrons. The highest BCUT2D eigenvalue weighted by Crippen LogP contribution is 2.61. The Labute approximate surface area is 76.1 Å². The van der Waals surface area contributed by atoms with Crippen LogP contribution < -0.4 is 0 Å². The van der Waals surface area contributed by atoms with Gasteiger partial charge in [0.2, 0.25) is 0 Å². The summed E-state index contributed by atoms with van der Waals surface area (Å²) in [4.78, 5) is 0. The van der Waals surface area contributed by atoms with Gasteiger partial charge in [-0.25, -0.2) is 0 Å². The van der Waals surface area contributed by atoms with E-state index in [0.717, 1.165) is 17.8 Å². The third kappa shape index (κ3) is 0.739. The number of rotatable bonds is 0. The molecule has 3 unspecified atom stereocenters. The molecular weight excluding hydrogens is 144 g/mol. The maximum absolute atomic E-state index is 2.44. The molecule has 0 heteroatoms. The minimum Gasteiger partial charge on any atom is -0.0703 e. The molecule has 0 amide bonds. The van der Waals surface area contributed by atoms with Crippen molar-refractivity contribution in [3.05, 3.63) is 11.1 Å². The molecule has 0 spiro atoms. The second kappa shape index (κ2) is 2.16. The molecule has 0 N–H and O–H groups in total. The van der Waals surface area contributed by atoms with E-state index in [2.05, 4.69) is 34.6 Å². The Balaban J connectivity index is 2.34. The van der Waals surface area contributed by atoms with E-state index in [-0.39, 0.29) is 0 Å². The zero-order valence-corrected chi connectivity index (χ0v) is 8.94. The second-order valence-electron chi connectivity index (χ2n) is 5.41. The first-order valence-electron chi connectivity index (χ1n) is 5.13. The van der Waals surface area contributed by atoms with Crippen molar-refractivity contribution in [3.63, 3.8) is 0 Å². The van der Waals surface area contributed by atoms with Gasteiger partial charge in [0, 0.05) is 0 Å². The summed E-state index contributed by atoms with van der Waals surface area (Å²) in [5, 5.41) is 0. The van der Waals surface area contributed by atoms with Crippen LogP contribution in [0.2, 0.25) is 0 Å². The lowest BCUT2D eigenvalue weighted by atomic mass is 9.63. The first kappa shape index (κ1) is 8.34. The third-order valence-electron chi connectivity index (χ3n) is 4.73. The zero-order chi connectivity index (χ0) is 9.09. The Hall–Kier alpha value is -0.260. The van der Waals surface area contributed by atoms with Crippen LogP contribution in [-0.2, 0) is 0 Å². The van der Waals surface area contributed by atoms with Gasteiger partial charge in [-0.05, 0) is 43.4 Å². The maximum Gasteiger partial charge on any atom is -0.00837 e. The van der Waals surface area contributed by atoms with Crippen LogP contribution in [0.5, 0.6) is 0 Å². The van der Waals surface area contributed by atoms with Crippen LogP contribution in [0.1, 0.15) is 41.0 Å². The summed E-state index contributed by atoms with van der Waals surface area (Å²) < 4.78 is 0. The van der Waals surface area contributed by atoms with E-state index in [1.165, 1.54) is 6.42 Å². The fourth-order valence-electron chi connectivity index (χ4n) is 3.37. The van der Waals surface area contributed by atoms with E-state index in [4.69, 9.17) is 0 Å². The van der Waals surface area contributed by atoms with E-state index in [1.807, 2.05) is 0 Å². The van der Waals surface area contributed by atoms with Crippen molar-refractivity contribution < 1.29 is 0 Å². The molecule has 2 aliphatic carbocycles. The SMILES string of the molecule is CC1=C(C)C2C1CC(C)C2(C)C. The minimum absolute atomic E-state index is 0.564. The Morgan fingerprint density at radius 1 is 1.17 bits per heavy atom.